The lowest BCUT2D eigenvalue weighted by Crippen LogP contribution is -2.05. The van der Waals surface area contributed by atoms with Gasteiger partial charge in [-0.3, -0.25) is 0 Å². The number of rotatable bonds is 3. The number of benzene rings is 1. The maximum Gasteiger partial charge on any atom is 0.160 e. The minimum Gasteiger partial charge on any atom is -0.395 e. The Bertz CT molecular complexity index is 767. The number of imidazole rings is 1. The Labute approximate surface area is 121 Å². The number of hydrogen-bond donors (Lipinski definition) is 1. The van der Waals surface area contributed by atoms with Crippen molar-refractivity contribution < 1.29 is 5.11 Å². The van der Waals surface area contributed by atoms with Gasteiger partial charge in [-0.2, -0.15) is 0 Å². The quantitative estimate of drug-likeness (QED) is 0.805. The molecule has 0 unspecified atom stereocenters. The maximum atomic E-state index is 9.28. The second-order valence-corrected chi connectivity index (χ2v) is 5.11. The highest BCUT2D eigenvalue weighted by Crippen LogP contribution is 2.25. The van der Waals surface area contributed by atoms with Gasteiger partial charge in [-0.1, -0.05) is 35.4 Å². The lowest BCUT2D eigenvalue weighted by Gasteiger charge is -2.07. The minimum absolute atomic E-state index is 0.0363. The van der Waals surface area contributed by atoms with Crippen molar-refractivity contribution in [1.82, 2.24) is 14.5 Å². The number of fused-ring (bicyclic) bond motifs is 1. The highest BCUT2D eigenvalue weighted by atomic mass is 35.5. The molecule has 102 valence electrons. The third-order valence-corrected chi connectivity index (χ3v) is 3.36. The topological polar surface area (TPSA) is 50.9 Å². The zero-order chi connectivity index (χ0) is 14.1. The highest BCUT2D eigenvalue weighted by molar-refractivity contribution is 6.31. The van der Waals surface area contributed by atoms with Crippen molar-refractivity contribution in [3.05, 3.63) is 47.1 Å². The van der Waals surface area contributed by atoms with Gasteiger partial charge in [-0.15, -0.1) is 0 Å². The van der Waals surface area contributed by atoms with Crippen LogP contribution in [-0.2, 0) is 6.54 Å². The Kier molecular flexibility index (Phi) is 3.42. The molecule has 1 aromatic carbocycles. The largest absolute Gasteiger partial charge is 0.395 e. The van der Waals surface area contributed by atoms with Crippen molar-refractivity contribution in [2.75, 3.05) is 6.61 Å². The summed E-state index contributed by atoms with van der Waals surface area (Å²) >= 11 is 5.97. The summed E-state index contributed by atoms with van der Waals surface area (Å²) in [5.74, 6) is 0.799. The molecular formula is C15H14ClN3O. The van der Waals surface area contributed by atoms with E-state index < -0.39 is 0 Å². The normalized spacial score (nSPS) is 11.2. The molecular weight excluding hydrogens is 274 g/mol. The van der Waals surface area contributed by atoms with Crippen LogP contribution in [0.3, 0.4) is 0 Å². The first-order chi connectivity index (χ1) is 9.69. The van der Waals surface area contributed by atoms with Crippen LogP contribution in [0.5, 0.6) is 0 Å². The first-order valence-electron chi connectivity index (χ1n) is 6.39. The molecule has 0 aliphatic rings. The molecule has 0 radical (unpaired) electrons. The monoisotopic (exact) mass is 287 g/mol. The van der Waals surface area contributed by atoms with E-state index in [1.807, 2.05) is 29.7 Å². The smallest absolute Gasteiger partial charge is 0.160 e. The van der Waals surface area contributed by atoms with Crippen molar-refractivity contribution in [3.8, 4) is 11.4 Å². The number of pyridine rings is 1. The molecule has 0 atom stereocenters. The van der Waals surface area contributed by atoms with E-state index >= 15 is 0 Å². The van der Waals surface area contributed by atoms with Gasteiger partial charge in [0.25, 0.3) is 0 Å². The van der Waals surface area contributed by atoms with Crippen LogP contribution in [0.4, 0.5) is 0 Å². The summed E-state index contributed by atoms with van der Waals surface area (Å²) in [4.78, 5) is 8.93. The molecule has 0 saturated carbocycles. The molecule has 0 saturated heterocycles. The predicted octanol–water partition coefficient (Wildman–Crippen LogP) is 3.05. The molecule has 0 bridgehead atoms. The molecule has 1 N–H and O–H groups in total. The molecule has 0 amide bonds. The van der Waals surface area contributed by atoms with Crippen LogP contribution >= 0.6 is 11.6 Å². The summed E-state index contributed by atoms with van der Waals surface area (Å²) in [5, 5.41) is 9.83. The average Bonchev–Trinajstić information content (AvgIpc) is 2.77. The van der Waals surface area contributed by atoms with Gasteiger partial charge in [-0.25, -0.2) is 9.97 Å². The van der Waals surface area contributed by atoms with Gasteiger partial charge in [0.1, 0.15) is 11.3 Å². The van der Waals surface area contributed by atoms with E-state index in [1.54, 1.807) is 12.3 Å². The molecule has 3 rings (SSSR count). The Morgan fingerprint density at radius 2 is 2.15 bits per heavy atom. The van der Waals surface area contributed by atoms with Crippen molar-refractivity contribution in [2.24, 2.45) is 0 Å². The molecule has 5 heteroatoms. The standard InChI is InChI=1S/C15H14ClN3O/c1-10-3-2-4-11(7-10)14-18-13-8-12(16)9-17-15(13)19(14)5-6-20/h2-4,7-9,20H,5-6H2,1H3. The fourth-order valence-corrected chi connectivity index (χ4v) is 2.45. The number of nitrogens with zero attached hydrogens (tertiary/aromatic N) is 3. The van der Waals surface area contributed by atoms with Gasteiger partial charge in [0.15, 0.2) is 5.65 Å². The van der Waals surface area contributed by atoms with E-state index in [1.165, 1.54) is 0 Å². The highest BCUT2D eigenvalue weighted by Gasteiger charge is 2.13. The molecule has 0 aliphatic carbocycles. The van der Waals surface area contributed by atoms with Crippen molar-refractivity contribution in [1.29, 1.82) is 0 Å². The van der Waals surface area contributed by atoms with Gasteiger partial charge in [0.05, 0.1) is 11.6 Å². The van der Waals surface area contributed by atoms with Gasteiger partial charge >= 0.3 is 0 Å². The SMILES string of the molecule is Cc1cccc(-c2nc3cc(Cl)cnc3n2CCO)c1. The van der Waals surface area contributed by atoms with Gasteiger partial charge in [0, 0.05) is 18.3 Å². The van der Waals surface area contributed by atoms with Crippen LogP contribution in [0.2, 0.25) is 5.02 Å². The van der Waals surface area contributed by atoms with Crippen LogP contribution in [0.25, 0.3) is 22.6 Å². The van der Waals surface area contributed by atoms with Crippen molar-refractivity contribution in [2.45, 2.75) is 13.5 Å². The van der Waals surface area contributed by atoms with E-state index in [4.69, 9.17) is 11.6 Å². The third kappa shape index (κ3) is 2.28. The van der Waals surface area contributed by atoms with Gasteiger partial charge in [-0.05, 0) is 19.1 Å². The van der Waals surface area contributed by atoms with E-state index in [0.29, 0.717) is 11.6 Å². The van der Waals surface area contributed by atoms with Crippen LogP contribution in [0.1, 0.15) is 5.56 Å². The first-order valence-corrected chi connectivity index (χ1v) is 6.76. The Morgan fingerprint density at radius 3 is 2.90 bits per heavy atom. The Morgan fingerprint density at radius 1 is 1.30 bits per heavy atom. The summed E-state index contributed by atoms with van der Waals surface area (Å²) < 4.78 is 1.92. The van der Waals surface area contributed by atoms with E-state index in [-0.39, 0.29) is 6.61 Å². The fraction of sp³-hybridized carbons (Fsp3) is 0.200. The zero-order valence-corrected chi connectivity index (χ0v) is 11.8. The van der Waals surface area contributed by atoms with E-state index in [2.05, 4.69) is 16.0 Å². The lowest BCUT2D eigenvalue weighted by atomic mass is 10.1. The van der Waals surface area contributed by atoms with Gasteiger partial charge in [0.2, 0.25) is 0 Å². The fourth-order valence-electron chi connectivity index (χ4n) is 2.30. The predicted molar refractivity (Wildman–Crippen MR) is 79.8 cm³/mol. The summed E-state index contributed by atoms with van der Waals surface area (Å²) in [6.45, 7) is 2.53. The second kappa shape index (κ2) is 5.23. The summed E-state index contributed by atoms with van der Waals surface area (Å²) in [5.41, 5.74) is 3.64. The van der Waals surface area contributed by atoms with Crippen LogP contribution in [0, 0.1) is 6.92 Å². The molecule has 0 fully saturated rings. The van der Waals surface area contributed by atoms with Crippen LogP contribution in [0.15, 0.2) is 36.5 Å². The Balaban J connectivity index is 2.25. The number of hydrogen-bond acceptors (Lipinski definition) is 3. The lowest BCUT2D eigenvalue weighted by molar-refractivity contribution is 0.278. The number of aliphatic hydroxyl groups excluding tert-OH is 1. The number of aromatic nitrogens is 3. The summed E-state index contributed by atoms with van der Waals surface area (Å²) in [7, 11) is 0. The van der Waals surface area contributed by atoms with E-state index in [0.717, 1.165) is 28.1 Å². The average molecular weight is 288 g/mol. The maximum absolute atomic E-state index is 9.28. The zero-order valence-electron chi connectivity index (χ0n) is 11.0. The molecule has 20 heavy (non-hydrogen) atoms. The van der Waals surface area contributed by atoms with Gasteiger partial charge < -0.3 is 9.67 Å². The third-order valence-electron chi connectivity index (χ3n) is 3.15. The molecule has 3 aromatic rings. The summed E-state index contributed by atoms with van der Waals surface area (Å²) in [6.07, 6.45) is 1.60. The van der Waals surface area contributed by atoms with E-state index in [9.17, 15) is 5.11 Å². The molecule has 0 aliphatic heterocycles. The van der Waals surface area contributed by atoms with Crippen LogP contribution < -0.4 is 0 Å². The first kappa shape index (κ1) is 13.1. The summed E-state index contributed by atoms with van der Waals surface area (Å²) in [6, 6.07) is 9.89. The van der Waals surface area contributed by atoms with Crippen LogP contribution in [-0.4, -0.2) is 26.2 Å². The van der Waals surface area contributed by atoms with Crippen molar-refractivity contribution in [3.63, 3.8) is 0 Å². The minimum atomic E-state index is 0.0363. The van der Waals surface area contributed by atoms with Crippen molar-refractivity contribution >= 4 is 22.8 Å². The molecule has 2 aromatic heterocycles. The number of aliphatic hydroxyl groups is 1. The molecule has 2 heterocycles. The number of halogens is 1. The second-order valence-electron chi connectivity index (χ2n) is 4.68. The number of aryl methyl sites for hydroxylation is 1. The molecule has 0 spiro atoms. The molecule has 4 nitrogen and oxygen atoms in total. The Hall–Kier alpha value is -1.91.